The van der Waals surface area contributed by atoms with Crippen molar-refractivity contribution < 1.29 is 29.9 Å². The third kappa shape index (κ3) is 11.6. The molecule has 44 heavy (non-hydrogen) atoms. The second-order valence-electron chi connectivity index (χ2n) is 10.6. The summed E-state index contributed by atoms with van der Waals surface area (Å²) in [7, 11) is 0. The van der Waals surface area contributed by atoms with E-state index in [4.69, 9.17) is 9.47 Å². The number of rotatable bonds is 13. The fraction of sp³-hybridized carbons (Fsp3) is 0.263. The van der Waals surface area contributed by atoms with Crippen LogP contribution in [0.3, 0.4) is 0 Å². The normalized spacial score (nSPS) is 10.3. The Morgan fingerprint density at radius 1 is 0.364 bits per heavy atom. The molecule has 4 aromatic carbocycles. The fourth-order valence-corrected chi connectivity index (χ4v) is 4.54. The highest BCUT2D eigenvalue weighted by molar-refractivity contribution is 5.50. The van der Waals surface area contributed by atoms with Crippen molar-refractivity contribution in [3.8, 4) is 58.2 Å². The second-order valence-corrected chi connectivity index (χ2v) is 10.6. The van der Waals surface area contributed by atoms with Crippen LogP contribution in [-0.2, 0) is 0 Å². The smallest absolute Gasteiger partial charge is 0.120 e. The number of benzene rings is 4. The maximum atomic E-state index is 9.55. The zero-order valence-corrected chi connectivity index (χ0v) is 24.8. The van der Waals surface area contributed by atoms with Gasteiger partial charge in [0, 0.05) is 34.4 Å². The molecule has 0 atom stereocenters. The number of hydrogen-bond donors (Lipinski definition) is 4. The van der Waals surface area contributed by atoms with E-state index in [1.54, 1.807) is 0 Å². The Bertz CT molecular complexity index is 1440. The Morgan fingerprint density at radius 3 is 1.00 bits per heavy atom. The summed E-state index contributed by atoms with van der Waals surface area (Å²) >= 11 is 0. The van der Waals surface area contributed by atoms with Gasteiger partial charge in [-0.25, -0.2) is 0 Å². The van der Waals surface area contributed by atoms with E-state index < -0.39 is 0 Å². The molecular weight excluding hydrogens is 552 g/mol. The molecule has 0 fully saturated rings. The Balaban J connectivity index is 0.996. The van der Waals surface area contributed by atoms with Gasteiger partial charge in [-0.15, -0.1) is 0 Å². The Hall–Kier alpha value is -5.20. The molecule has 0 aliphatic carbocycles. The van der Waals surface area contributed by atoms with Crippen molar-refractivity contribution >= 4 is 0 Å². The second kappa shape index (κ2) is 17.0. The van der Waals surface area contributed by atoms with Crippen LogP contribution < -0.4 is 9.47 Å². The summed E-state index contributed by atoms with van der Waals surface area (Å²) in [5.41, 5.74) is 2.77. The lowest BCUT2D eigenvalue weighted by Crippen LogP contribution is -1.98. The van der Waals surface area contributed by atoms with Crippen LogP contribution in [0.4, 0.5) is 0 Å². The summed E-state index contributed by atoms with van der Waals surface area (Å²) in [6.07, 6.45) is 9.24. The van der Waals surface area contributed by atoms with Crippen molar-refractivity contribution in [2.75, 3.05) is 13.2 Å². The molecule has 226 valence electrons. The van der Waals surface area contributed by atoms with E-state index in [-0.39, 0.29) is 23.0 Å². The van der Waals surface area contributed by atoms with Crippen molar-refractivity contribution in [3.63, 3.8) is 0 Å². The number of phenols is 4. The minimum Gasteiger partial charge on any atom is -0.508 e. The van der Waals surface area contributed by atoms with Gasteiger partial charge in [0.25, 0.3) is 0 Å². The summed E-state index contributed by atoms with van der Waals surface area (Å²) in [5.74, 6) is 13.5. The van der Waals surface area contributed by atoms with Crippen molar-refractivity contribution in [2.24, 2.45) is 0 Å². The number of aromatic hydroxyl groups is 4. The molecule has 6 heteroatoms. The lowest BCUT2D eigenvalue weighted by Gasteiger charge is -2.07. The zero-order valence-electron chi connectivity index (χ0n) is 24.8. The minimum absolute atomic E-state index is 0.0141. The first-order valence-corrected chi connectivity index (χ1v) is 15.0. The first-order valence-electron chi connectivity index (χ1n) is 15.0. The summed E-state index contributed by atoms with van der Waals surface area (Å²) in [6, 6.07) is 23.8. The van der Waals surface area contributed by atoms with Crippen LogP contribution in [0, 0.1) is 23.7 Å². The van der Waals surface area contributed by atoms with Crippen LogP contribution in [0.15, 0.2) is 84.9 Å². The molecule has 0 saturated carbocycles. The average molecular weight is 591 g/mol. The molecule has 0 aromatic heterocycles. The molecule has 0 bridgehead atoms. The third-order valence-electron chi connectivity index (χ3n) is 6.79. The van der Waals surface area contributed by atoms with Crippen molar-refractivity contribution in [3.05, 3.63) is 107 Å². The van der Waals surface area contributed by atoms with Gasteiger partial charge in [0.2, 0.25) is 0 Å². The predicted octanol–water partition coefficient (Wildman–Crippen LogP) is 7.89. The molecule has 0 aliphatic heterocycles. The highest BCUT2D eigenvalue weighted by Crippen LogP contribution is 2.21. The van der Waals surface area contributed by atoms with E-state index in [0.29, 0.717) is 24.3 Å². The molecule has 0 saturated heterocycles. The monoisotopic (exact) mass is 590 g/mol. The van der Waals surface area contributed by atoms with E-state index in [9.17, 15) is 20.4 Å². The van der Waals surface area contributed by atoms with Crippen LogP contribution in [0.25, 0.3) is 0 Å². The molecule has 0 radical (unpaired) electrons. The molecule has 0 aliphatic rings. The van der Waals surface area contributed by atoms with Gasteiger partial charge in [0.15, 0.2) is 0 Å². The number of unbranched alkanes of at least 4 members (excludes halogenated alkanes) is 7. The summed E-state index contributed by atoms with van der Waals surface area (Å²) in [5, 5.41) is 38.2. The average Bonchev–Trinajstić information content (AvgIpc) is 3.00. The quantitative estimate of drug-likeness (QED) is 0.0934. The highest BCUT2D eigenvalue weighted by atomic mass is 16.5. The van der Waals surface area contributed by atoms with Gasteiger partial charge < -0.3 is 29.9 Å². The molecule has 0 amide bonds. The fourth-order valence-electron chi connectivity index (χ4n) is 4.54. The SMILES string of the molecule is Oc1cc(O)cc(C#Cc2ccc(OCCCCCCCCCCOc3ccc(C#Cc4cc(O)cc(O)c4)cc3)cc2)c1. The molecule has 0 unspecified atom stereocenters. The van der Waals surface area contributed by atoms with E-state index in [2.05, 4.69) is 23.7 Å². The molecule has 4 aromatic rings. The first kappa shape index (κ1) is 31.7. The van der Waals surface area contributed by atoms with Crippen LogP contribution in [0.1, 0.15) is 73.6 Å². The topological polar surface area (TPSA) is 99.4 Å². The van der Waals surface area contributed by atoms with Crippen LogP contribution >= 0.6 is 0 Å². The van der Waals surface area contributed by atoms with Gasteiger partial charge in [-0.3, -0.25) is 0 Å². The van der Waals surface area contributed by atoms with Gasteiger partial charge in [0.1, 0.15) is 34.5 Å². The van der Waals surface area contributed by atoms with E-state index >= 15 is 0 Å². The van der Waals surface area contributed by atoms with Gasteiger partial charge in [-0.05, 0) is 85.6 Å². The van der Waals surface area contributed by atoms with Crippen LogP contribution in [0.5, 0.6) is 34.5 Å². The molecule has 0 spiro atoms. The third-order valence-corrected chi connectivity index (χ3v) is 6.79. The number of hydrogen-bond acceptors (Lipinski definition) is 6. The first-order chi connectivity index (χ1) is 21.4. The van der Waals surface area contributed by atoms with Crippen LogP contribution in [0.2, 0.25) is 0 Å². The molecule has 4 rings (SSSR count). The van der Waals surface area contributed by atoms with Gasteiger partial charge in [-0.1, -0.05) is 62.2 Å². The Labute approximate surface area is 259 Å². The largest absolute Gasteiger partial charge is 0.508 e. The van der Waals surface area contributed by atoms with Crippen molar-refractivity contribution in [1.82, 2.24) is 0 Å². The standard InChI is InChI=1S/C38H38O6/c39-33-23-31(24-34(40)27-33)11-9-29-13-17-37(18-14-29)43-21-7-5-3-1-2-4-6-8-22-44-38-19-15-30(16-20-38)10-12-32-25-35(41)28-36(42)26-32/h13-20,23-28,39-42H,1-8,21-22H2. The summed E-state index contributed by atoms with van der Waals surface area (Å²) in [4.78, 5) is 0. The predicted molar refractivity (Wildman–Crippen MR) is 172 cm³/mol. The maximum absolute atomic E-state index is 9.55. The van der Waals surface area contributed by atoms with Gasteiger partial charge in [-0.2, -0.15) is 0 Å². The highest BCUT2D eigenvalue weighted by Gasteiger charge is 2.00. The van der Waals surface area contributed by atoms with Gasteiger partial charge in [0.05, 0.1) is 13.2 Å². The molecular formula is C38H38O6. The number of ether oxygens (including phenoxy) is 2. The lowest BCUT2D eigenvalue weighted by atomic mass is 10.1. The molecule has 0 heterocycles. The van der Waals surface area contributed by atoms with E-state index in [0.717, 1.165) is 48.3 Å². The number of phenolic OH excluding ortho intramolecular Hbond substituents is 4. The maximum Gasteiger partial charge on any atom is 0.120 e. The van der Waals surface area contributed by atoms with Crippen molar-refractivity contribution in [1.29, 1.82) is 0 Å². The zero-order chi connectivity index (χ0) is 31.0. The summed E-state index contributed by atoms with van der Waals surface area (Å²) in [6.45, 7) is 1.39. The van der Waals surface area contributed by atoms with E-state index in [1.807, 2.05) is 48.5 Å². The van der Waals surface area contributed by atoms with Crippen LogP contribution in [-0.4, -0.2) is 33.6 Å². The molecule has 6 nitrogen and oxygen atoms in total. The lowest BCUT2D eigenvalue weighted by molar-refractivity contribution is 0.301. The van der Waals surface area contributed by atoms with Crippen molar-refractivity contribution in [2.45, 2.75) is 51.4 Å². The van der Waals surface area contributed by atoms with Gasteiger partial charge >= 0.3 is 0 Å². The Kier molecular flexibility index (Phi) is 12.3. The van der Waals surface area contributed by atoms with E-state index in [1.165, 1.54) is 62.1 Å². The molecule has 4 N–H and O–H groups in total. The minimum atomic E-state index is -0.0141. The summed E-state index contributed by atoms with van der Waals surface area (Å²) < 4.78 is 11.7. The Morgan fingerprint density at radius 2 is 0.659 bits per heavy atom.